The highest BCUT2D eigenvalue weighted by molar-refractivity contribution is 5.48. The van der Waals surface area contributed by atoms with Gasteiger partial charge >= 0.3 is 0 Å². The van der Waals surface area contributed by atoms with E-state index in [9.17, 15) is 0 Å². The second kappa shape index (κ2) is 7.59. The maximum atomic E-state index is 4.63. The maximum absolute atomic E-state index is 4.63. The summed E-state index contributed by atoms with van der Waals surface area (Å²) in [6, 6.07) is 2.38. The zero-order valence-electron chi connectivity index (χ0n) is 13.8. The van der Waals surface area contributed by atoms with Crippen molar-refractivity contribution in [2.24, 2.45) is 0 Å². The molecule has 21 heavy (non-hydrogen) atoms. The van der Waals surface area contributed by atoms with Crippen molar-refractivity contribution >= 4 is 11.6 Å². The predicted octanol–water partition coefficient (Wildman–Crippen LogP) is 2.93. The van der Waals surface area contributed by atoms with Gasteiger partial charge in [0.25, 0.3) is 0 Å². The Morgan fingerprint density at radius 3 is 2.38 bits per heavy atom. The molecule has 2 rings (SSSR count). The fourth-order valence-electron chi connectivity index (χ4n) is 2.75. The Balaban J connectivity index is 1.98. The highest BCUT2D eigenvalue weighted by Crippen LogP contribution is 2.18. The summed E-state index contributed by atoms with van der Waals surface area (Å²) < 4.78 is 0. The molecule has 1 atom stereocenters. The van der Waals surface area contributed by atoms with E-state index in [1.54, 1.807) is 0 Å². The highest BCUT2D eigenvalue weighted by atomic mass is 15.2. The van der Waals surface area contributed by atoms with Gasteiger partial charge in [0.1, 0.15) is 17.5 Å². The number of rotatable bonds is 6. The smallest absolute Gasteiger partial charge is 0.135 e. The number of piperidine rings is 1. The van der Waals surface area contributed by atoms with E-state index >= 15 is 0 Å². The van der Waals surface area contributed by atoms with Crippen molar-refractivity contribution in [2.45, 2.75) is 52.0 Å². The van der Waals surface area contributed by atoms with Crippen LogP contribution in [0.4, 0.5) is 11.6 Å². The third-order valence-corrected chi connectivity index (χ3v) is 3.89. The first kappa shape index (κ1) is 16.0. The maximum Gasteiger partial charge on any atom is 0.135 e. The summed E-state index contributed by atoms with van der Waals surface area (Å²) in [5, 5.41) is 6.64. The summed E-state index contributed by atoms with van der Waals surface area (Å²) in [5.74, 6) is 3.01. The highest BCUT2D eigenvalue weighted by Gasteiger charge is 2.14. The minimum absolute atomic E-state index is 0.330. The van der Waals surface area contributed by atoms with E-state index in [1.807, 2.05) is 13.1 Å². The molecule has 0 saturated carbocycles. The van der Waals surface area contributed by atoms with Gasteiger partial charge in [-0.1, -0.05) is 20.3 Å². The molecule has 0 bridgehead atoms. The van der Waals surface area contributed by atoms with Gasteiger partial charge in [-0.05, 0) is 32.9 Å². The van der Waals surface area contributed by atoms with Crippen LogP contribution in [-0.4, -0.2) is 47.6 Å². The summed E-state index contributed by atoms with van der Waals surface area (Å²) >= 11 is 0. The minimum atomic E-state index is 0.330. The fourth-order valence-corrected chi connectivity index (χ4v) is 2.75. The van der Waals surface area contributed by atoms with Crippen LogP contribution in [0.2, 0.25) is 0 Å². The van der Waals surface area contributed by atoms with E-state index in [0.29, 0.717) is 12.0 Å². The molecule has 0 aliphatic carbocycles. The molecule has 2 heterocycles. The van der Waals surface area contributed by atoms with Crippen LogP contribution in [-0.2, 0) is 0 Å². The van der Waals surface area contributed by atoms with Crippen molar-refractivity contribution in [1.29, 1.82) is 0 Å². The molecular formula is C16H29N5. The lowest BCUT2D eigenvalue weighted by atomic mass is 10.1. The van der Waals surface area contributed by atoms with Gasteiger partial charge in [-0.15, -0.1) is 0 Å². The number of nitrogens with one attached hydrogen (secondary N) is 2. The molecule has 1 aromatic rings. The van der Waals surface area contributed by atoms with Crippen LogP contribution in [0.3, 0.4) is 0 Å². The average molecular weight is 291 g/mol. The van der Waals surface area contributed by atoms with Gasteiger partial charge in [-0.3, -0.25) is 0 Å². The molecule has 5 heteroatoms. The Labute approximate surface area is 128 Å². The molecule has 5 nitrogen and oxygen atoms in total. The Kier molecular flexibility index (Phi) is 5.79. The Morgan fingerprint density at radius 1 is 1.10 bits per heavy atom. The lowest BCUT2D eigenvalue weighted by Crippen LogP contribution is -2.38. The van der Waals surface area contributed by atoms with E-state index in [1.165, 1.54) is 32.4 Å². The molecule has 1 aromatic heterocycles. The molecule has 118 valence electrons. The molecule has 2 N–H and O–H groups in total. The molecule has 1 aliphatic heterocycles. The van der Waals surface area contributed by atoms with Crippen molar-refractivity contribution in [2.75, 3.05) is 37.3 Å². The number of aromatic nitrogens is 2. The number of likely N-dealkylation sites (tertiary alicyclic amines) is 1. The summed E-state index contributed by atoms with van der Waals surface area (Å²) in [6.07, 6.45) is 4.05. The quantitative estimate of drug-likeness (QED) is 0.844. The van der Waals surface area contributed by atoms with Crippen molar-refractivity contribution < 1.29 is 0 Å². The molecule has 0 amide bonds. The third kappa shape index (κ3) is 4.84. The lowest BCUT2D eigenvalue weighted by molar-refractivity contribution is 0.223. The van der Waals surface area contributed by atoms with Gasteiger partial charge in [-0.2, -0.15) is 0 Å². The molecule has 1 aliphatic rings. The van der Waals surface area contributed by atoms with Crippen molar-refractivity contribution in [1.82, 2.24) is 14.9 Å². The first-order chi connectivity index (χ1) is 10.1. The van der Waals surface area contributed by atoms with Crippen LogP contribution >= 0.6 is 0 Å². The first-order valence-electron chi connectivity index (χ1n) is 8.14. The number of anilines is 2. The summed E-state index contributed by atoms with van der Waals surface area (Å²) in [4.78, 5) is 11.7. The van der Waals surface area contributed by atoms with Gasteiger partial charge in [0.05, 0.1) is 0 Å². The van der Waals surface area contributed by atoms with E-state index in [-0.39, 0.29) is 0 Å². The third-order valence-electron chi connectivity index (χ3n) is 3.89. The van der Waals surface area contributed by atoms with Crippen molar-refractivity contribution in [3.8, 4) is 0 Å². The van der Waals surface area contributed by atoms with E-state index in [2.05, 4.69) is 46.3 Å². The summed E-state index contributed by atoms with van der Waals surface area (Å²) in [5.41, 5.74) is 0. The molecular weight excluding hydrogens is 262 g/mol. The van der Waals surface area contributed by atoms with Gasteiger partial charge in [-0.25, -0.2) is 9.97 Å². The van der Waals surface area contributed by atoms with Gasteiger partial charge in [0, 0.05) is 31.6 Å². The zero-order valence-corrected chi connectivity index (χ0v) is 13.8. The Morgan fingerprint density at radius 2 is 1.76 bits per heavy atom. The van der Waals surface area contributed by atoms with Crippen LogP contribution in [0.25, 0.3) is 0 Å². The molecule has 0 spiro atoms. The van der Waals surface area contributed by atoms with Crippen molar-refractivity contribution in [3.63, 3.8) is 0 Å². The molecule has 0 aromatic carbocycles. The van der Waals surface area contributed by atoms with Crippen molar-refractivity contribution in [3.05, 3.63) is 11.9 Å². The monoisotopic (exact) mass is 291 g/mol. The summed E-state index contributed by atoms with van der Waals surface area (Å²) in [7, 11) is 1.90. The average Bonchev–Trinajstić information content (AvgIpc) is 2.47. The predicted molar refractivity (Wildman–Crippen MR) is 89.0 cm³/mol. The van der Waals surface area contributed by atoms with Crippen LogP contribution in [0.5, 0.6) is 0 Å². The van der Waals surface area contributed by atoms with Gasteiger partial charge in [0.15, 0.2) is 0 Å². The second-order valence-electron chi connectivity index (χ2n) is 6.31. The second-order valence-corrected chi connectivity index (χ2v) is 6.31. The van der Waals surface area contributed by atoms with Gasteiger partial charge < -0.3 is 15.5 Å². The number of hydrogen-bond donors (Lipinski definition) is 2. The van der Waals surface area contributed by atoms with E-state index in [0.717, 1.165) is 24.0 Å². The van der Waals surface area contributed by atoms with Gasteiger partial charge in [0.2, 0.25) is 0 Å². The zero-order chi connectivity index (χ0) is 15.2. The lowest BCUT2D eigenvalue weighted by Gasteiger charge is -2.29. The van der Waals surface area contributed by atoms with Crippen LogP contribution in [0, 0.1) is 0 Å². The molecule has 0 radical (unpaired) electrons. The van der Waals surface area contributed by atoms with Crippen LogP contribution < -0.4 is 10.6 Å². The Hall–Kier alpha value is -1.36. The Bertz CT molecular complexity index is 440. The largest absolute Gasteiger partial charge is 0.373 e. The van der Waals surface area contributed by atoms with Crippen LogP contribution in [0.1, 0.15) is 51.8 Å². The minimum Gasteiger partial charge on any atom is -0.373 e. The topological polar surface area (TPSA) is 53.1 Å². The van der Waals surface area contributed by atoms with E-state index < -0.39 is 0 Å². The normalized spacial score (nSPS) is 17.8. The SMILES string of the molecule is CNc1cc(NC(C)CN2CCCCC2)nc(C(C)C)n1. The molecule has 1 fully saturated rings. The first-order valence-corrected chi connectivity index (χ1v) is 8.14. The van der Waals surface area contributed by atoms with Crippen LogP contribution in [0.15, 0.2) is 6.07 Å². The standard InChI is InChI=1S/C16H29N5/c1-12(2)16-19-14(17-4)10-15(20-16)18-13(3)11-21-8-6-5-7-9-21/h10,12-13H,5-9,11H2,1-4H3,(H2,17,18,19,20). The molecule has 1 unspecified atom stereocenters. The summed E-state index contributed by atoms with van der Waals surface area (Å²) in [6.45, 7) is 10.0. The number of hydrogen-bond acceptors (Lipinski definition) is 5. The van der Waals surface area contributed by atoms with E-state index in [4.69, 9.17) is 0 Å². The fraction of sp³-hybridized carbons (Fsp3) is 0.750. The molecule has 1 saturated heterocycles. The number of nitrogens with zero attached hydrogens (tertiary/aromatic N) is 3.